The number of hydrogen-bond acceptors (Lipinski definition) is 5. The van der Waals surface area contributed by atoms with Gasteiger partial charge in [-0.15, -0.1) is 0 Å². The minimum atomic E-state index is 0.609. The number of hydrogen-bond donors (Lipinski definition) is 5. The van der Waals surface area contributed by atoms with Crippen molar-refractivity contribution in [3.05, 3.63) is 29.8 Å². The van der Waals surface area contributed by atoms with Gasteiger partial charge in [0.15, 0.2) is 0 Å². The highest BCUT2D eigenvalue weighted by molar-refractivity contribution is 5.39. The maximum Gasteiger partial charge on any atom is 0.0455 e. The van der Waals surface area contributed by atoms with Gasteiger partial charge in [-0.05, 0) is 43.1 Å². The molecule has 5 heteroatoms. The zero-order chi connectivity index (χ0) is 22.4. The van der Waals surface area contributed by atoms with Crippen molar-refractivity contribution in [1.29, 1.82) is 0 Å². The molecule has 1 aliphatic rings. The fourth-order valence-electron chi connectivity index (χ4n) is 3.82. The molecule has 0 atom stereocenters. The quantitative estimate of drug-likeness (QED) is 0.281. The molecule has 1 aliphatic heterocycles. The third-order valence-corrected chi connectivity index (χ3v) is 5.78. The van der Waals surface area contributed by atoms with Crippen LogP contribution >= 0.6 is 0 Å². The van der Waals surface area contributed by atoms with Gasteiger partial charge < -0.3 is 27.0 Å². The van der Waals surface area contributed by atoms with Crippen molar-refractivity contribution in [1.82, 2.24) is 21.3 Å². The molecule has 6 N–H and O–H groups in total. The zero-order valence-corrected chi connectivity index (χ0v) is 20.5. The van der Waals surface area contributed by atoms with Gasteiger partial charge in [-0.3, -0.25) is 0 Å². The first-order chi connectivity index (χ1) is 15.3. The number of anilines is 1. The topological polar surface area (TPSA) is 74.1 Å². The van der Waals surface area contributed by atoms with E-state index in [1.165, 1.54) is 63.4 Å². The number of rotatable bonds is 10. The highest BCUT2D eigenvalue weighted by Gasteiger charge is 2.09. The molecule has 1 fully saturated rings. The van der Waals surface area contributed by atoms with Crippen LogP contribution in [0, 0.1) is 5.92 Å². The fraction of sp³-hybridized carbons (Fsp3) is 0.769. The van der Waals surface area contributed by atoms with Crippen LogP contribution in [-0.4, -0.2) is 45.9 Å². The molecular formula is C26H51N5. The Morgan fingerprint density at radius 1 is 0.677 bits per heavy atom. The van der Waals surface area contributed by atoms with Crippen molar-refractivity contribution in [2.45, 2.75) is 78.1 Å². The van der Waals surface area contributed by atoms with Gasteiger partial charge in [-0.25, -0.2) is 0 Å². The lowest BCUT2D eigenvalue weighted by molar-refractivity contribution is 0.423. The minimum Gasteiger partial charge on any atom is -0.399 e. The monoisotopic (exact) mass is 433 g/mol. The third-order valence-electron chi connectivity index (χ3n) is 5.78. The number of nitrogen functional groups attached to an aromatic ring is 1. The zero-order valence-electron chi connectivity index (χ0n) is 20.5. The molecule has 180 valence electrons. The van der Waals surface area contributed by atoms with Gasteiger partial charge in [-0.1, -0.05) is 83.8 Å². The Labute approximate surface area is 192 Å². The standard InChI is InChI=1S/C15H27N5.C11H24/c16-15-3-1-13(2-4-15)9-14-10-17-5-7-19-12-20-8-6-18-11-14;1-3-5-7-9-11-10-8-6-4-2/h1-4,14,17-20H,5-12,16H2;3-11H2,1-2H3. The minimum absolute atomic E-state index is 0.609. The highest BCUT2D eigenvalue weighted by Crippen LogP contribution is 2.11. The van der Waals surface area contributed by atoms with Gasteiger partial charge in [-0.2, -0.15) is 0 Å². The summed E-state index contributed by atoms with van der Waals surface area (Å²) in [6, 6.07) is 8.24. The van der Waals surface area contributed by atoms with E-state index in [1.807, 2.05) is 12.1 Å². The molecule has 0 saturated carbocycles. The van der Waals surface area contributed by atoms with Gasteiger partial charge in [0.25, 0.3) is 0 Å². The summed E-state index contributed by atoms with van der Waals surface area (Å²) in [4.78, 5) is 0. The van der Waals surface area contributed by atoms with E-state index in [0.29, 0.717) is 5.92 Å². The Balaban J connectivity index is 0.000000373. The SMILES string of the molecule is CCCCCCCCCCC.Nc1ccc(CC2CNCCNCNCCNC2)cc1. The Kier molecular flexibility index (Phi) is 18.7. The van der Waals surface area contributed by atoms with E-state index in [-0.39, 0.29) is 0 Å². The molecule has 5 nitrogen and oxygen atoms in total. The van der Waals surface area contributed by atoms with E-state index in [4.69, 9.17) is 5.73 Å². The van der Waals surface area contributed by atoms with E-state index < -0.39 is 0 Å². The molecule has 2 rings (SSSR count). The first-order valence-corrected chi connectivity index (χ1v) is 12.9. The second-order valence-corrected chi connectivity index (χ2v) is 8.87. The second kappa shape index (κ2) is 20.7. The lowest BCUT2D eigenvalue weighted by Gasteiger charge is -2.20. The fourth-order valence-corrected chi connectivity index (χ4v) is 3.82. The molecule has 0 amide bonds. The molecule has 1 aromatic rings. The normalized spacial score (nSPS) is 16.6. The summed E-state index contributed by atoms with van der Waals surface area (Å²) < 4.78 is 0. The maximum absolute atomic E-state index is 5.74. The average molecular weight is 434 g/mol. The summed E-state index contributed by atoms with van der Waals surface area (Å²) >= 11 is 0. The summed E-state index contributed by atoms with van der Waals surface area (Å²) in [5.41, 5.74) is 7.93. The number of benzene rings is 1. The molecule has 31 heavy (non-hydrogen) atoms. The molecule has 1 heterocycles. The van der Waals surface area contributed by atoms with Crippen LogP contribution in [0.5, 0.6) is 0 Å². The molecule has 0 radical (unpaired) electrons. The van der Waals surface area contributed by atoms with Crippen LogP contribution in [0.1, 0.15) is 77.2 Å². The summed E-state index contributed by atoms with van der Waals surface area (Å²) in [7, 11) is 0. The van der Waals surface area contributed by atoms with Crippen molar-refractivity contribution < 1.29 is 0 Å². The van der Waals surface area contributed by atoms with Crippen molar-refractivity contribution in [3.63, 3.8) is 0 Å². The summed E-state index contributed by atoms with van der Waals surface area (Å²) in [5.74, 6) is 0.609. The van der Waals surface area contributed by atoms with Crippen LogP contribution in [0.25, 0.3) is 0 Å². The molecule has 0 spiro atoms. The molecule has 1 aromatic carbocycles. The van der Waals surface area contributed by atoms with Gasteiger partial charge in [0, 0.05) is 38.5 Å². The molecule has 0 aliphatic carbocycles. The Morgan fingerprint density at radius 2 is 1.13 bits per heavy atom. The number of nitrogens with one attached hydrogen (secondary N) is 4. The lowest BCUT2D eigenvalue weighted by Crippen LogP contribution is -2.42. The van der Waals surface area contributed by atoms with E-state index in [1.54, 1.807) is 0 Å². The van der Waals surface area contributed by atoms with Crippen LogP contribution in [0.15, 0.2) is 24.3 Å². The molecule has 0 unspecified atom stereocenters. The summed E-state index contributed by atoms with van der Waals surface area (Å²) in [5, 5.41) is 13.8. The van der Waals surface area contributed by atoms with Crippen LogP contribution in [0.2, 0.25) is 0 Å². The van der Waals surface area contributed by atoms with Crippen LogP contribution in [0.3, 0.4) is 0 Å². The second-order valence-electron chi connectivity index (χ2n) is 8.87. The number of unbranched alkanes of at least 4 members (excludes halogenated alkanes) is 8. The smallest absolute Gasteiger partial charge is 0.0455 e. The predicted molar refractivity (Wildman–Crippen MR) is 138 cm³/mol. The molecule has 0 aromatic heterocycles. The van der Waals surface area contributed by atoms with Crippen molar-refractivity contribution in [3.8, 4) is 0 Å². The Bertz CT molecular complexity index is 471. The van der Waals surface area contributed by atoms with Crippen molar-refractivity contribution in [2.24, 2.45) is 5.92 Å². The van der Waals surface area contributed by atoms with E-state index in [2.05, 4.69) is 47.2 Å². The Hall–Kier alpha value is -1.14. The van der Waals surface area contributed by atoms with E-state index >= 15 is 0 Å². The highest BCUT2D eigenvalue weighted by atomic mass is 15.1. The van der Waals surface area contributed by atoms with Crippen LogP contribution < -0.4 is 27.0 Å². The number of nitrogens with two attached hydrogens (primary N) is 1. The largest absolute Gasteiger partial charge is 0.399 e. The maximum atomic E-state index is 5.74. The van der Waals surface area contributed by atoms with Crippen molar-refractivity contribution >= 4 is 5.69 Å². The van der Waals surface area contributed by atoms with Gasteiger partial charge in [0.2, 0.25) is 0 Å². The summed E-state index contributed by atoms with van der Waals surface area (Å²) in [6.07, 6.45) is 14.0. The van der Waals surface area contributed by atoms with Crippen molar-refractivity contribution in [2.75, 3.05) is 51.7 Å². The van der Waals surface area contributed by atoms with Gasteiger partial charge >= 0.3 is 0 Å². The first kappa shape index (κ1) is 27.9. The van der Waals surface area contributed by atoms with E-state index in [0.717, 1.165) is 58.0 Å². The summed E-state index contributed by atoms with van der Waals surface area (Å²) in [6.45, 7) is 11.6. The van der Waals surface area contributed by atoms with Gasteiger partial charge in [0.1, 0.15) is 0 Å². The Morgan fingerprint density at radius 3 is 1.61 bits per heavy atom. The van der Waals surface area contributed by atoms with Gasteiger partial charge in [0.05, 0.1) is 0 Å². The first-order valence-electron chi connectivity index (χ1n) is 12.9. The molecule has 1 saturated heterocycles. The third kappa shape index (κ3) is 17.1. The van der Waals surface area contributed by atoms with Crippen LogP contribution in [-0.2, 0) is 6.42 Å². The lowest BCUT2D eigenvalue weighted by atomic mass is 9.99. The molecule has 0 bridgehead atoms. The van der Waals surface area contributed by atoms with Crippen LogP contribution in [0.4, 0.5) is 5.69 Å². The predicted octanol–water partition coefficient (Wildman–Crippen LogP) is 4.29. The molecular weight excluding hydrogens is 382 g/mol. The average Bonchev–Trinajstić information content (AvgIpc) is 2.77. The van der Waals surface area contributed by atoms with E-state index in [9.17, 15) is 0 Å².